The van der Waals surface area contributed by atoms with Crippen LogP contribution in [0.15, 0.2) is 0 Å². The van der Waals surface area contributed by atoms with Crippen molar-refractivity contribution in [3.8, 4) is 0 Å². The topological polar surface area (TPSA) is 61.4 Å². The van der Waals surface area contributed by atoms with Gasteiger partial charge in [0.15, 0.2) is 0 Å². The summed E-state index contributed by atoms with van der Waals surface area (Å²) in [6, 6.07) is 0.183. The van der Waals surface area contributed by atoms with Crippen LogP contribution < -0.4 is 10.6 Å². The number of carbonyl (C=O) groups is 1. The lowest BCUT2D eigenvalue weighted by molar-refractivity contribution is -0.122. The summed E-state index contributed by atoms with van der Waals surface area (Å²) in [6.45, 7) is 7.15. The Kier molecular flexibility index (Phi) is 5.40. The fraction of sp³-hybridized carbons (Fsp3) is 0.923. The van der Waals surface area contributed by atoms with Crippen molar-refractivity contribution in [2.75, 3.05) is 13.2 Å². The molecule has 0 bridgehead atoms. The fourth-order valence-corrected chi connectivity index (χ4v) is 2.28. The van der Waals surface area contributed by atoms with Crippen LogP contribution in [-0.2, 0) is 4.79 Å². The number of aliphatic hydroxyl groups is 1. The molecule has 17 heavy (non-hydrogen) atoms. The van der Waals surface area contributed by atoms with E-state index in [-0.39, 0.29) is 30.0 Å². The zero-order valence-corrected chi connectivity index (χ0v) is 11.3. The lowest BCUT2D eigenvalue weighted by Gasteiger charge is -2.22. The standard InChI is InChI=1S/C13H26N2O2/c1-13(2,3)14-8-7-12(17)15-11-6-4-5-10(11)9-16/h10-11,14,16H,4-9H2,1-3H3,(H,15,17). The molecule has 0 aromatic carbocycles. The molecular formula is C13H26N2O2. The third-order valence-electron chi connectivity index (χ3n) is 3.25. The van der Waals surface area contributed by atoms with Crippen LogP contribution in [0, 0.1) is 5.92 Å². The maximum Gasteiger partial charge on any atom is 0.221 e. The van der Waals surface area contributed by atoms with Crippen LogP contribution in [0.4, 0.5) is 0 Å². The highest BCUT2D eigenvalue weighted by Crippen LogP contribution is 2.24. The zero-order valence-electron chi connectivity index (χ0n) is 11.3. The van der Waals surface area contributed by atoms with Crippen molar-refractivity contribution in [1.82, 2.24) is 10.6 Å². The summed E-state index contributed by atoms with van der Waals surface area (Å²) in [7, 11) is 0. The molecule has 100 valence electrons. The normalized spacial score (nSPS) is 24.9. The predicted octanol–water partition coefficient (Wildman–Crippen LogP) is 1.04. The van der Waals surface area contributed by atoms with Crippen molar-refractivity contribution in [2.24, 2.45) is 5.92 Å². The van der Waals surface area contributed by atoms with Crippen molar-refractivity contribution < 1.29 is 9.90 Å². The average Bonchev–Trinajstić information content (AvgIpc) is 2.63. The number of hydrogen-bond acceptors (Lipinski definition) is 3. The highest BCUT2D eigenvalue weighted by Gasteiger charge is 2.27. The first-order valence-electron chi connectivity index (χ1n) is 6.57. The van der Waals surface area contributed by atoms with Crippen LogP contribution in [0.2, 0.25) is 0 Å². The molecule has 1 aliphatic rings. The Morgan fingerprint density at radius 1 is 1.35 bits per heavy atom. The van der Waals surface area contributed by atoms with Gasteiger partial charge in [0.25, 0.3) is 0 Å². The first-order chi connectivity index (χ1) is 7.92. The van der Waals surface area contributed by atoms with E-state index in [0.717, 1.165) is 19.3 Å². The van der Waals surface area contributed by atoms with Gasteiger partial charge in [0.05, 0.1) is 0 Å². The molecule has 4 heteroatoms. The van der Waals surface area contributed by atoms with E-state index in [1.807, 2.05) is 0 Å². The summed E-state index contributed by atoms with van der Waals surface area (Å²) in [5.41, 5.74) is 0.0568. The molecule has 3 N–H and O–H groups in total. The van der Waals surface area contributed by atoms with Gasteiger partial charge in [-0.1, -0.05) is 6.42 Å². The Bertz CT molecular complexity index is 248. The first-order valence-corrected chi connectivity index (χ1v) is 6.57. The second-order valence-electron chi connectivity index (χ2n) is 5.97. The molecule has 2 atom stereocenters. The number of hydrogen-bond donors (Lipinski definition) is 3. The Labute approximate surface area is 104 Å². The predicted molar refractivity (Wildman–Crippen MR) is 68.7 cm³/mol. The number of nitrogens with one attached hydrogen (secondary N) is 2. The molecule has 0 aromatic rings. The molecule has 0 saturated heterocycles. The third kappa shape index (κ3) is 5.50. The van der Waals surface area contributed by atoms with Crippen molar-refractivity contribution >= 4 is 5.91 Å². The van der Waals surface area contributed by atoms with Crippen LogP contribution in [0.1, 0.15) is 46.5 Å². The van der Waals surface area contributed by atoms with Crippen LogP contribution >= 0.6 is 0 Å². The maximum atomic E-state index is 11.7. The second kappa shape index (κ2) is 6.36. The zero-order chi connectivity index (χ0) is 12.9. The van der Waals surface area contributed by atoms with Crippen molar-refractivity contribution in [1.29, 1.82) is 0 Å². The van der Waals surface area contributed by atoms with Gasteiger partial charge in [-0.25, -0.2) is 0 Å². The van der Waals surface area contributed by atoms with E-state index in [4.69, 9.17) is 5.11 Å². The minimum absolute atomic E-state index is 0.0568. The Hall–Kier alpha value is -0.610. The summed E-state index contributed by atoms with van der Waals surface area (Å²) in [4.78, 5) is 11.7. The molecule has 1 saturated carbocycles. The molecule has 0 aromatic heterocycles. The number of aliphatic hydroxyl groups excluding tert-OH is 1. The second-order valence-corrected chi connectivity index (χ2v) is 5.97. The highest BCUT2D eigenvalue weighted by atomic mass is 16.3. The summed E-state index contributed by atoms with van der Waals surface area (Å²) in [5.74, 6) is 0.349. The van der Waals surface area contributed by atoms with Crippen LogP contribution in [0.25, 0.3) is 0 Å². The van der Waals surface area contributed by atoms with E-state index in [9.17, 15) is 4.79 Å². The number of rotatable bonds is 5. The number of carbonyl (C=O) groups excluding carboxylic acids is 1. The Morgan fingerprint density at radius 3 is 2.65 bits per heavy atom. The van der Waals surface area contributed by atoms with E-state index < -0.39 is 0 Å². The molecule has 0 spiro atoms. The molecule has 1 rings (SSSR count). The van der Waals surface area contributed by atoms with E-state index in [0.29, 0.717) is 13.0 Å². The van der Waals surface area contributed by atoms with E-state index >= 15 is 0 Å². The van der Waals surface area contributed by atoms with Crippen LogP contribution in [0.3, 0.4) is 0 Å². The lowest BCUT2D eigenvalue weighted by atomic mass is 10.0. The summed E-state index contributed by atoms with van der Waals surface area (Å²) in [6.07, 6.45) is 3.65. The quantitative estimate of drug-likeness (QED) is 0.675. The summed E-state index contributed by atoms with van der Waals surface area (Å²) < 4.78 is 0. The van der Waals surface area contributed by atoms with Crippen molar-refractivity contribution in [2.45, 2.75) is 58.0 Å². The molecule has 0 aliphatic heterocycles. The van der Waals surface area contributed by atoms with Gasteiger partial charge in [-0.3, -0.25) is 4.79 Å². The molecule has 4 nitrogen and oxygen atoms in total. The summed E-state index contributed by atoms with van der Waals surface area (Å²) in [5, 5.41) is 15.5. The van der Waals surface area contributed by atoms with Crippen LogP contribution in [0.5, 0.6) is 0 Å². The SMILES string of the molecule is CC(C)(C)NCCC(=O)NC1CCCC1CO. The monoisotopic (exact) mass is 242 g/mol. The lowest BCUT2D eigenvalue weighted by Crippen LogP contribution is -2.42. The molecule has 1 amide bonds. The van der Waals surface area contributed by atoms with E-state index in [1.54, 1.807) is 0 Å². The average molecular weight is 242 g/mol. The van der Waals surface area contributed by atoms with Gasteiger partial charge in [-0.15, -0.1) is 0 Å². The molecule has 1 fully saturated rings. The maximum absolute atomic E-state index is 11.7. The first kappa shape index (κ1) is 14.5. The fourth-order valence-electron chi connectivity index (χ4n) is 2.28. The van der Waals surface area contributed by atoms with Gasteiger partial charge in [-0.2, -0.15) is 0 Å². The van der Waals surface area contributed by atoms with Gasteiger partial charge in [0.2, 0.25) is 5.91 Å². The van der Waals surface area contributed by atoms with Gasteiger partial charge < -0.3 is 15.7 Å². The van der Waals surface area contributed by atoms with E-state index in [2.05, 4.69) is 31.4 Å². The molecular weight excluding hydrogens is 216 g/mol. The Balaban J connectivity index is 2.21. The van der Waals surface area contributed by atoms with Gasteiger partial charge in [0, 0.05) is 37.1 Å². The highest BCUT2D eigenvalue weighted by molar-refractivity contribution is 5.76. The van der Waals surface area contributed by atoms with Gasteiger partial charge in [-0.05, 0) is 33.6 Å². The third-order valence-corrected chi connectivity index (χ3v) is 3.25. The van der Waals surface area contributed by atoms with Gasteiger partial charge in [0.1, 0.15) is 0 Å². The Morgan fingerprint density at radius 2 is 2.06 bits per heavy atom. The summed E-state index contributed by atoms with van der Waals surface area (Å²) >= 11 is 0. The molecule has 2 unspecified atom stereocenters. The van der Waals surface area contributed by atoms with Crippen molar-refractivity contribution in [3.05, 3.63) is 0 Å². The van der Waals surface area contributed by atoms with Crippen molar-refractivity contribution in [3.63, 3.8) is 0 Å². The van der Waals surface area contributed by atoms with Crippen LogP contribution in [-0.4, -0.2) is 35.7 Å². The molecule has 0 heterocycles. The van der Waals surface area contributed by atoms with Gasteiger partial charge >= 0.3 is 0 Å². The minimum atomic E-state index is 0.0568. The largest absolute Gasteiger partial charge is 0.396 e. The minimum Gasteiger partial charge on any atom is -0.396 e. The molecule has 0 radical (unpaired) electrons. The molecule has 1 aliphatic carbocycles. The van der Waals surface area contributed by atoms with E-state index in [1.165, 1.54) is 0 Å². The smallest absolute Gasteiger partial charge is 0.221 e. The number of amides is 1.